The summed E-state index contributed by atoms with van der Waals surface area (Å²) in [6.45, 7) is 6.63. The van der Waals surface area contributed by atoms with Crippen molar-refractivity contribution in [2.75, 3.05) is 0 Å². The fourth-order valence-electron chi connectivity index (χ4n) is 6.93. The molecule has 0 spiro atoms. The maximum absolute atomic E-state index is 11.9. The third-order valence-electron chi connectivity index (χ3n) is 8.66. The Balaban J connectivity index is 1.72. The minimum atomic E-state index is -0.537. The number of allylic oxidation sites excluding steroid dienone is 1. The number of aliphatic hydroxyl groups is 2. The molecule has 4 aliphatic rings. The van der Waals surface area contributed by atoms with E-state index in [1.807, 2.05) is 6.92 Å². The topological polar surface area (TPSA) is 57.5 Å². The molecule has 4 aliphatic carbocycles. The smallest absolute Gasteiger partial charge is 0.197 e. The molecule has 128 valence electrons. The minimum Gasteiger partial charge on any atom is -0.504 e. The molecule has 3 fully saturated rings. The van der Waals surface area contributed by atoms with Crippen LogP contribution in [-0.2, 0) is 4.79 Å². The monoisotopic (exact) mass is 318 g/mol. The molecule has 0 amide bonds. The Bertz CT molecular complexity index is 590. The summed E-state index contributed by atoms with van der Waals surface area (Å²) < 4.78 is 0. The van der Waals surface area contributed by atoms with Gasteiger partial charge in [-0.1, -0.05) is 13.8 Å². The summed E-state index contributed by atoms with van der Waals surface area (Å²) in [4.78, 5) is 11.9. The van der Waals surface area contributed by atoms with Crippen molar-refractivity contribution in [3.8, 4) is 0 Å². The van der Waals surface area contributed by atoms with Gasteiger partial charge in [0.25, 0.3) is 0 Å². The Kier molecular flexibility index (Phi) is 3.15. The molecule has 0 aliphatic heterocycles. The molecular weight excluding hydrogens is 288 g/mol. The van der Waals surface area contributed by atoms with Gasteiger partial charge in [0.2, 0.25) is 0 Å². The lowest BCUT2D eigenvalue weighted by molar-refractivity contribution is -0.127. The Hall–Kier alpha value is -0.830. The van der Waals surface area contributed by atoms with Crippen LogP contribution in [0.1, 0.15) is 72.1 Å². The first kappa shape index (κ1) is 15.7. The summed E-state index contributed by atoms with van der Waals surface area (Å²) in [6, 6.07) is 0. The number of ketones is 1. The van der Waals surface area contributed by atoms with Crippen molar-refractivity contribution in [3.05, 3.63) is 11.3 Å². The Labute approximate surface area is 139 Å². The second-order valence-electron chi connectivity index (χ2n) is 9.35. The number of Topliss-reactive ketones (excluding diaryl/α,β-unsaturated/α-hetero) is 1. The van der Waals surface area contributed by atoms with Crippen LogP contribution in [0.4, 0.5) is 0 Å². The summed E-state index contributed by atoms with van der Waals surface area (Å²) >= 11 is 0. The molecule has 0 heterocycles. The van der Waals surface area contributed by atoms with E-state index in [9.17, 15) is 15.0 Å². The molecule has 2 N–H and O–H groups in total. The molecule has 0 aromatic carbocycles. The molecule has 0 aromatic heterocycles. The van der Waals surface area contributed by atoms with Crippen LogP contribution in [0.2, 0.25) is 0 Å². The third-order valence-corrected chi connectivity index (χ3v) is 8.66. The number of rotatable bonds is 0. The maximum atomic E-state index is 11.9. The van der Waals surface area contributed by atoms with E-state index in [1.54, 1.807) is 0 Å². The number of hydrogen-bond donors (Lipinski definition) is 2. The summed E-state index contributed by atoms with van der Waals surface area (Å²) in [5, 5.41) is 21.3. The van der Waals surface area contributed by atoms with E-state index in [4.69, 9.17) is 0 Å². The summed E-state index contributed by atoms with van der Waals surface area (Å²) in [7, 11) is 0. The van der Waals surface area contributed by atoms with Gasteiger partial charge in [0.1, 0.15) is 0 Å². The third kappa shape index (κ3) is 1.83. The zero-order chi connectivity index (χ0) is 16.6. The quantitative estimate of drug-likeness (QED) is 0.705. The largest absolute Gasteiger partial charge is 0.504 e. The summed E-state index contributed by atoms with van der Waals surface area (Å²) in [5.74, 6) is 1.82. The second kappa shape index (κ2) is 4.62. The number of hydrogen-bond acceptors (Lipinski definition) is 3. The number of carbonyl (C=O) groups is 1. The molecule has 0 aromatic rings. The average molecular weight is 318 g/mol. The Morgan fingerprint density at radius 2 is 1.65 bits per heavy atom. The minimum absolute atomic E-state index is 0.00329. The highest BCUT2D eigenvalue weighted by Crippen LogP contribution is 2.67. The zero-order valence-electron chi connectivity index (χ0n) is 14.7. The van der Waals surface area contributed by atoms with Crippen LogP contribution in [0, 0.1) is 28.6 Å². The lowest BCUT2D eigenvalue weighted by Gasteiger charge is -2.58. The van der Waals surface area contributed by atoms with Crippen LogP contribution in [0.3, 0.4) is 0 Å². The fourth-order valence-corrected chi connectivity index (χ4v) is 6.93. The van der Waals surface area contributed by atoms with Gasteiger partial charge in [-0.15, -0.1) is 0 Å². The van der Waals surface area contributed by atoms with Crippen LogP contribution in [0.25, 0.3) is 0 Å². The lowest BCUT2D eigenvalue weighted by atomic mass is 9.46. The molecule has 6 atom stereocenters. The first-order chi connectivity index (χ1) is 10.7. The molecule has 23 heavy (non-hydrogen) atoms. The van der Waals surface area contributed by atoms with Crippen LogP contribution in [-0.4, -0.2) is 21.6 Å². The zero-order valence-corrected chi connectivity index (χ0v) is 14.7. The highest BCUT2D eigenvalue weighted by atomic mass is 16.3. The van der Waals surface area contributed by atoms with Crippen molar-refractivity contribution in [3.63, 3.8) is 0 Å². The van der Waals surface area contributed by atoms with Crippen LogP contribution < -0.4 is 0 Å². The summed E-state index contributed by atoms with van der Waals surface area (Å²) in [5.41, 5.74) is 0.544. The van der Waals surface area contributed by atoms with Crippen LogP contribution in [0.15, 0.2) is 11.3 Å². The molecule has 0 saturated heterocycles. The van der Waals surface area contributed by atoms with Crippen molar-refractivity contribution < 1.29 is 15.0 Å². The highest BCUT2D eigenvalue weighted by Gasteiger charge is 2.62. The van der Waals surface area contributed by atoms with Gasteiger partial charge in [-0.3, -0.25) is 4.79 Å². The SMILES string of the molecule is C[C@]12CCC(=O)C(O)=C1CC[C@@H]1[C@@H]2CC[C@@]2(C)[C@H]1CC[C@]2(C)O. The molecular formula is C20H30O3. The first-order valence-electron chi connectivity index (χ1n) is 9.39. The van der Waals surface area contributed by atoms with Crippen LogP contribution >= 0.6 is 0 Å². The molecule has 4 rings (SSSR count). The predicted octanol–water partition coefficient (Wildman–Crippen LogP) is 4.16. The first-order valence-corrected chi connectivity index (χ1v) is 9.39. The van der Waals surface area contributed by atoms with Gasteiger partial charge in [0.15, 0.2) is 11.5 Å². The maximum Gasteiger partial charge on any atom is 0.197 e. The molecule has 3 heteroatoms. The predicted molar refractivity (Wildman–Crippen MR) is 88.9 cm³/mol. The summed E-state index contributed by atoms with van der Waals surface area (Å²) in [6.07, 6.45) is 7.57. The van der Waals surface area contributed by atoms with Crippen LogP contribution in [0.5, 0.6) is 0 Å². The van der Waals surface area contributed by atoms with E-state index in [0.29, 0.717) is 24.2 Å². The van der Waals surface area contributed by atoms with Gasteiger partial charge < -0.3 is 10.2 Å². The van der Waals surface area contributed by atoms with Crippen molar-refractivity contribution in [2.45, 2.75) is 77.7 Å². The van der Waals surface area contributed by atoms with E-state index in [0.717, 1.165) is 50.5 Å². The Morgan fingerprint density at radius 1 is 0.957 bits per heavy atom. The highest BCUT2D eigenvalue weighted by molar-refractivity contribution is 5.95. The lowest BCUT2D eigenvalue weighted by Crippen LogP contribution is -2.54. The van der Waals surface area contributed by atoms with Gasteiger partial charge in [-0.05, 0) is 86.0 Å². The van der Waals surface area contributed by atoms with Gasteiger partial charge in [-0.2, -0.15) is 0 Å². The van der Waals surface area contributed by atoms with E-state index in [-0.39, 0.29) is 22.4 Å². The average Bonchev–Trinajstić information content (AvgIpc) is 2.74. The van der Waals surface area contributed by atoms with Crippen molar-refractivity contribution in [2.24, 2.45) is 28.6 Å². The van der Waals surface area contributed by atoms with Gasteiger partial charge in [0.05, 0.1) is 5.60 Å². The second-order valence-corrected chi connectivity index (χ2v) is 9.35. The van der Waals surface area contributed by atoms with Crippen molar-refractivity contribution in [1.82, 2.24) is 0 Å². The molecule has 0 bridgehead atoms. The van der Waals surface area contributed by atoms with E-state index in [2.05, 4.69) is 13.8 Å². The fraction of sp³-hybridized carbons (Fsp3) is 0.850. The van der Waals surface area contributed by atoms with Gasteiger partial charge in [-0.25, -0.2) is 0 Å². The molecule has 3 saturated carbocycles. The molecule has 0 unspecified atom stereocenters. The number of carbonyl (C=O) groups excluding carboxylic acids is 1. The molecule has 0 radical (unpaired) electrons. The standard InChI is InChI=1S/C20H30O3/c1-18-9-8-16(21)17(22)15(18)5-4-12-13(18)6-10-19(2)14(12)7-11-20(19,3)23/h12-14,22-23H,4-11H2,1-3H3/t12-,13+,14+,18-,19+,20+/m1/s1. The van der Waals surface area contributed by atoms with E-state index >= 15 is 0 Å². The number of aliphatic hydroxyl groups excluding tert-OH is 1. The normalized spacial score (nSPS) is 52.9. The van der Waals surface area contributed by atoms with E-state index in [1.165, 1.54) is 0 Å². The van der Waals surface area contributed by atoms with E-state index < -0.39 is 5.60 Å². The van der Waals surface area contributed by atoms with Crippen molar-refractivity contribution >= 4 is 5.78 Å². The van der Waals surface area contributed by atoms with Crippen molar-refractivity contribution in [1.29, 1.82) is 0 Å². The van der Waals surface area contributed by atoms with Gasteiger partial charge in [0, 0.05) is 6.42 Å². The Morgan fingerprint density at radius 3 is 2.39 bits per heavy atom. The number of fused-ring (bicyclic) bond motifs is 5. The molecule has 3 nitrogen and oxygen atoms in total. The van der Waals surface area contributed by atoms with Gasteiger partial charge >= 0.3 is 0 Å².